The minimum absolute atomic E-state index is 0.0646. The van der Waals surface area contributed by atoms with Gasteiger partial charge in [0, 0.05) is 17.8 Å². The molecule has 0 radical (unpaired) electrons. The zero-order valence-corrected chi connectivity index (χ0v) is 18.6. The summed E-state index contributed by atoms with van der Waals surface area (Å²) in [6, 6.07) is 3.78. The normalized spacial score (nSPS) is 19.8. The van der Waals surface area contributed by atoms with Crippen molar-refractivity contribution in [1.29, 1.82) is 0 Å². The van der Waals surface area contributed by atoms with E-state index in [0.717, 1.165) is 21.8 Å². The first-order chi connectivity index (χ1) is 13.7. The molecule has 0 unspecified atom stereocenters. The summed E-state index contributed by atoms with van der Waals surface area (Å²) in [7, 11) is -0.941. The molecule has 0 spiro atoms. The van der Waals surface area contributed by atoms with E-state index in [0.29, 0.717) is 24.7 Å². The standard InChI is InChI=1S/C19H25N5O3S2/c1-12-16(13(2)24(22-12)15-7-9-29(25,26)11-15)10-23(4)14(3)18-20-21-19(27-18)17-6-5-8-28-17/h5-6,8,14-15H,7,9-11H2,1-4H3/t14-,15-/m1/s1. The first-order valence-corrected chi connectivity index (χ1v) is 12.3. The van der Waals surface area contributed by atoms with Crippen LogP contribution >= 0.6 is 11.3 Å². The van der Waals surface area contributed by atoms with Gasteiger partial charge in [-0.2, -0.15) is 5.10 Å². The highest BCUT2D eigenvalue weighted by atomic mass is 32.2. The number of hydrogen-bond acceptors (Lipinski definition) is 8. The molecular weight excluding hydrogens is 410 g/mol. The van der Waals surface area contributed by atoms with Gasteiger partial charge < -0.3 is 4.42 Å². The lowest BCUT2D eigenvalue weighted by Gasteiger charge is -2.22. The van der Waals surface area contributed by atoms with Crippen molar-refractivity contribution in [3.05, 3.63) is 40.4 Å². The zero-order valence-electron chi connectivity index (χ0n) is 17.0. The monoisotopic (exact) mass is 435 g/mol. The zero-order chi connectivity index (χ0) is 20.8. The molecule has 1 saturated heterocycles. The summed E-state index contributed by atoms with van der Waals surface area (Å²) in [5, 5.41) is 15.0. The van der Waals surface area contributed by atoms with Crippen LogP contribution in [-0.2, 0) is 16.4 Å². The molecule has 4 heterocycles. The van der Waals surface area contributed by atoms with Crippen molar-refractivity contribution in [1.82, 2.24) is 24.9 Å². The van der Waals surface area contributed by atoms with Gasteiger partial charge in [-0.1, -0.05) is 6.07 Å². The molecule has 0 saturated carbocycles. The van der Waals surface area contributed by atoms with Gasteiger partial charge in [-0.25, -0.2) is 8.42 Å². The Bertz CT molecular complexity index is 1100. The number of aryl methyl sites for hydroxylation is 1. The molecule has 8 nitrogen and oxygen atoms in total. The Balaban J connectivity index is 1.50. The van der Waals surface area contributed by atoms with E-state index in [1.807, 2.05) is 50.0 Å². The Morgan fingerprint density at radius 3 is 2.83 bits per heavy atom. The molecule has 4 rings (SSSR count). The molecule has 3 aromatic rings. The van der Waals surface area contributed by atoms with Gasteiger partial charge in [0.2, 0.25) is 5.89 Å². The number of thiophene rings is 1. The maximum atomic E-state index is 11.9. The van der Waals surface area contributed by atoms with Gasteiger partial charge in [-0.15, -0.1) is 21.5 Å². The SMILES string of the molecule is Cc1nn([C@@H]2CCS(=O)(=O)C2)c(C)c1CN(C)[C@H](C)c1nnc(-c2cccs2)o1. The van der Waals surface area contributed by atoms with E-state index in [2.05, 4.69) is 20.2 Å². The molecule has 0 bridgehead atoms. The van der Waals surface area contributed by atoms with E-state index in [-0.39, 0.29) is 23.6 Å². The summed E-state index contributed by atoms with van der Waals surface area (Å²) in [5.74, 6) is 1.53. The molecule has 0 aliphatic carbocycles. The highest BCUT2D eigenvalue weighted by molar-refractivity contribution is 7.91. The molecule has 0 amide bonds. The maximum Gasteiger partial charge on any atom is 0.257 e. The summed E-state index contributed by atoms with van der Waals surface area (Å²) in [5.41, 5.74) is 3.06. The molecule has 0 aromatic carbocycles. The molecule has 10 heteroatoms. The second kappa shape index (κ2) is 7.66. The fourth-order valence-electron chi connectivity index (χ4n) is 3.73. The smallest absolute Gasteiger partial charge is 0.257 e. The molecular formula is C19H25N5O3S2. The summed E-state index contributed by atoms with van der Waals surface area (Å²) >= 11 is 1.57. The van der Waals surface area contributed by atoms with Crippen LogP contribution in [0.5, 0.6) is 0 Å². The van der Waals surface area contributed by atoms with Crippen molar-refractivity contribution in [3.63, 3.8) is 0 Å². The van der Waals surface area contributed by atoms with E-state index in [9.17, 15) is 8.42 Å². The van der Waals surface area contributed by atoms with Gasteiger partial charge in [-0.3, -0.25) is 9.58 Å². The quantitative estimate of drug-likeness (QED) is 0.587. The van der Waals surface area contributed by atoms with Crippen molar-refractivity contribution in [3.8, 4) is 10.8 Å². The second-order valence-electron chi connectivity index (χ2n) is 7.66. The fraction of sp³-hybridized carbons (Fsp3) is 0.526. The Morgan fingerprint density at radius 2 is 2.17 bits per heavy atom. The van der Waals surface area contributed by atoms with Crippen LogP contribution in [0.25, 0.3) is 10.8 Å². The average molecular weight is 436 g/mol. The van der Waals surface area contributed by atoms with E-state index < -0.39 is 9.84 Å². The lowest BCUT2D eigenvalue weighted by atomic mass is 10.1. The Morgan fingerprint density at radius 1 is 1.38 bits per heavy atom. The van der Waals surface area contributed by atoms with Crippen molar-refractivity contribution in [2.75, 3.05) is 18.6 Å². The Labute approximate surface area is 174 Å². The van der Waals surface area contributed by atoms with E-state index in [1.165, 1.54) is 0 Å². The molecule has 156 valence electrons. The number of rotatable bonds is 6. The predicted molar refractivity (Wildman–Crippen MR) is 112 cm³/mol. The highest BCUT2D eigenvalue weighted by Gasteiger charge is 2.32. The minimum atomic E-state index is -2.95. The van der Waals surface area contributed by atoms with Gasteiger partial charge in [-0.05, 0) is 45.7 Å². The first-order valence-electron chi connectivity index (χ1n) is 9.57. The van der Waals surface area contributed by atoms with Crippen molar-refractivity contribution >= 4 is 21.2 Å². The van der Waals surface area contributed by atoms with Crippen molar-refractivity contribution < 1.29 is 12.8 Å². The third-order valence-corrected chi connectivity index (χ3v) is 8.24. The highest BCUT2D eigenvalue weighted by Crippen LogP contribution is 2.30. The Kier molecular flexibility index (Phi) is 5.34. The number of sulfone groups is 1. The lowest BCUT2D eigenvalue weighted by Crippen LogP contribution is -2.23. The number of hydrogen-bond donors (Lipinski definition) is 0. The third kappa shape index (κ3) is 4.01. The van der Waals surface area contributed by atoms with Gasteiger partial charge in [0.25, 0.3) is 5.89 Å². The van der Waals surface area contributed by atoms with Crippen LogP contribution in [0, 0.1) is 13.8 Å². The second-order valence-corrected chi connectivity index (χ2v) is 10.8. The lowest BCUT2D eigenvalue weighted by molar-refractivity contribution is 0.217. The molecule has 29 heavy (non-hydrogen) atoms. The number of nitrogens with zero attached hydrogens (tertiary/aromatic N) is 5. The van der Waals surface area contributed by atoms with E-state index in [4.69, 9.17) is 4.42 Å². The number of aromatic nitrogens is 4. The summed E-state index contributed by atoms with van der Waals surface area (Å²) < 4.78 is 31.5. The summed E-state index contributed by atoms with van der Waals surface area (Å²) in [6.45, 7) is 6.68. The molecule has 3 aromatic heterocycles. The van der Waals surface area contributed by atoms with Gasteiger partial charge in [0.15, 0.2) is 9.84 Å². The Hall–Kier alpha value is -2.04. The van der Waals surface area contributed by atoms with E-state index >= 15 is 0 Å². The van der Waals surface area contributed by atoms with Crippen LogP contribution in [0.1, 0.15) is 48.3 Å². The van der Waals surface area contributed by atoms with Crippen LogP contribution in [0.2, 0.25) is 0 Å². The van der Waals surface area contributed by atoms with Crippen LogP contribution < -0.4 is 0 Å². The third-order valence-electron chi connectivity index (χ3n) is 5.63. The summed E-state index contributed by atoms with van der Waals surface area (Å²) in [4.78, 5) is 3.09. The maximum absolute atomic E-state index is 11.9. The fourth-order valence-corrected chi connectivity index (χ4v) is 6.06. The molecule has 1 aliphatic heterocycles. The minimum Gasteiger partial charge on any atom is -0.418 e. The van der Waals surface area contributed by atoms with Crippen LogP contribution in [0.15, 0.2) is 21.9 Å². The predicted octanol–water partition coefficient (Wildman–Crippen LogP) is 3.16. The summed E-state index contributed by atoms with van der Waals surface area (Å²) in [6.07, 6.45) is 0.628. The first kappa shape index (κ1) is 20.2. The van der Waals surface area contributed by atoms with Gasteiger partial charge >= 0.3 is 0 Å². The molecule has 1 fully saturated rings. The van der Waals surface area contributed by atoms with Crippen molar-refractivity contribution in [2.45, 2.75) is 45.8 Å². The van der Waals surface area contributed by atoms with E-state index in [1.54, 1.807) is 11.3 Å². The molecule has 0 N–H and O–H groups in total. The van der Waals surface area contributed by atoms with Gasteiger partial charge in [0.1, 0.15) is 0 Å². The average Bonchev–Trinajstić information content (AvgIpc) is 3.44. The molecule has 2 atom stereocenters. The van der Waals surface area contributed by atoms with Crippen molar-refractivity contribution in [2.24, 2.45) is 0 Å². The largest absolute Gasteiger partial charge is 0.418 e. The van der Waals surface area contributed by atoms with Crippen LogP contribution in [0.3, 0.4) is 0 Å². The molecule has 1 aliphatic rings. The van der Waals surface area contributed by atoms with Gasteiger partial charge in [0.05, 0.1) is 34.2 Å². The van der Waals surface area contributed by atoms with Crippen LogP contribution in [0.4, 0.5) is 0 Å². The topological polar surface area (TPSA) is 94.1 Å². The van der Waals surface area contributed by atoms with Crippen LogP contribution in [-0.4, -0.2) is 51.8 Å².